The van der Waals surface area contributed by atoms with Gasteiger partial charge in [0.05, 0.1) is 0 Å². The van der Waals surface area contributed by atoms with Crippen LogP contribution < -0.4 is 9.05 Å². The van der Waals surface area contributed by atoms with E-state index < -0.39 is 76.2 Å². The minimum absolute atomic E-state index is 0.482. The predicted octanol–water partition coefficient (Wildman–Crippen LogP) is 8.08. The van der Waals surface area contributed by atoms with Gasteiger partial charge in [0.1, 0.15) is 0 Å². The minimum atomic E-state index is -6.65. The van der Waals surface area contributed by atoms with Crippen molar-refractivity contribution in [1.82, 2.24) is 0 Å². The molecule has 1 aromatic rings. The van der Waals surface area contributed by atoms with E-state index in [4.69, 9.17) is 64.5 Å². The van der Waals surface area contributed by atoms with Crippen LogP contribution in [0.4, 0.5) is 30.7 Å². The first-order valence-electron chi connectivity index (χ1n) is 7.89. The zero-order chi connectivity index (χ0) is 23.9. The molecule has 2 aliphatic heterocycles. The van der Waals surface area contributed by atoms with Crippen LogP contribution in [-0.4, -0.2) is 31.4 Å². The first-order valence-corrected chi connectivity index (χ1v) is 11.2. The van der Waals surface area contributed by atoms with Gasteiger partial charge in [-0.15, -0.1) is 0 Å². The van der Waals surface area contributed by atoms with Gasteiger partial charge in [0, 0.05) is 0 Å². The Hall–Kier alpha value is -0.200. The molecule has 0 unspecified atom stereocenters. The summed E-state index contributed by atoms with van der Waals surface area (Å²) < 4.78 is 118. The van der Waals surface area contributed by atoms with Gasteiger partial charge in [-0.3, -0.25) is 0 Å². The topological polar surface area (TPSA) is 46.2 Å². The van der Waals surface area contributed by atoms with Gasteiger partial charge >= 0.3 is 190 Å². The van der Waals surface area contributed by atoms with E-state index in [0.29, 0.717) is 0 Å². The fraction of sp³-hybridized carbons (Fsp3) is 0.571. The summed E-state index contributed by atoms with van der Waals surface area (Å²) >= 11 is 23.5. The molecular formula is C14H10Cl4F7O5P. The van der Waals surface area contributed by atoms with Crippen molar-refractivity contribution in [2.75, 3.05) is 13.2 Å². The number of hydrogen-bond donors (Lipinski definition) is 0. The van der Waals surface area contributed by atoms with Gasteiger partial charge in [0.15, 0.2) is 0 Å². The standard InChI is InChI=1S/C14H10Cl4F7O5P/c1-11(2)3-26-31(27-4-11,30-12(19,13(20,21)22)14(23,24)25)28-9-7(17)5(15)6(16)8(18)10(9)29-31/h3-4H2,1-2H3. The van der Waals surface area contributed by atoms with Crippen LogP contribution in [0.25, 0.3) is 0 Å². The van der Waals surface area contributed by atoms with Crippen LogP contribution in [0.5, 0.6) is 11.5 Å². The Morgan fingerprint density at radius 1 is 0.742 bits per heavy atom. The third-order valence-electron chi connectivity index (χ3n) is 4.00. The summed E-state index contributed by atoms with van der Waals surface area (Å²) in [6, 6.07) is 0. The summed E-state index contributed by atoms with van der Waals surface area (Å²) in [7, 11) is -6.54. The van der Waals surface area contributed by atoms with Crippen molar-refractivity contribution in [1.29, 1.82) is 0 Å². The second-order valence-electron chi connectivity index (χ2n) is 7.24. The zero-order valence-electron chi connectivity index (χ0n) is 15.1. The molecule has 2 heterocycles. The first kappa shape index (κ1) is 25.4. The predicted molar refractivity (Wildman–Crippen MR) is 97.4 cm³/mol. The molecule has 3 rings (SSSR count). The first-order chi connectivity index (χ1) is 13.8. The summed E-state index contributed by atoms with van der Waals surface area (Å²) in [5.74, 6) is -7.93. The Morgan fingerprint density at radius 2 is 1.10 bits per heavy atom. The molecule has 31 heavy (non-hydrogen) atoms. The number of benzene rings is 1. The van der Waals surface area contributed by atoms with E-state index in [1.54, 1.807) is 0 Å². The summed E-state index contributed by atoms with van der Waals surface area (Å²) in [6.07, 6.45) is -13.3. The van der Waals surface area contributed by atoms with E-state index in [2.05, 4.69) is 4.52 Å². The molecule has 1 spiro atoms. The van der Waals surface area contributed by atoms with Crippen LogP contribution in [0.15, 0.2) is 0 Å². The van der Waals surface area contributed by atoms with Gasteiger partial charge in [0.2, 0.25) is 0 Å². The molecule has 1 saturated heterocycles. The summed E-state index contributed by atoms with van der Waals surface area (Å²) in [4.78, 5) is 0. The molecule has 0 radical (unpaired) electrons. The van der Waals surface area contributed by atoms with Crippen molar-refractivity contribution in [3.05, 3.63) is 20.1 Å². The van der Waals surface area contributed by atoms with Crippen LogP contribution in [0.3, 0.4) is 0 Å². The van der Waals surface area contributed by atoms with Crippen molar-refractivity contribution < 1.29 is 53.4 Å². The molecule has 0 aliphatic carbocycles. The molecule has 0 amide bonds. The van der Waals surface area contributed by atoms with Crippen molar-refractivity contribution in [2.45, 2.75) is 32.1 Å². The average molecular weight is 564 g/mol. The van der Waals surface area contributed by atoms with Crippen LogP contribution in [0, 0.1) is 5.41 Å². The van der Waals surface area contributed by atoms with Crippen molar-refractivity contribution in [3.8, 4) is 11.5 Å². The average Bonchev–Trinajstić information content (AvgIpc) is 2.96. The van der Waals surface area contributed by atoms with E-state index in [9.17, 15) is 30.7 Å². The molecule has 0 saturated carbocycles. The molecule has 0 aromatic heterocycles. The molecule has 5 nitrogen and oxygen atoms in total. The van der Waals surface area contributed by atoms with Crippen molar-refractivity contribution >= 4 is 54.1 Å². The van der Waals surface area contributed by atoms with Crippen LogP contribution in [0.2, 0.25) is 20.1 Å². The molecule has 17 heteroatoms. The van der Waals surface area contributed by atoms with Gasteiger partial charge in [-0.05, 0) is 0 Å². The summed E-state index contributed by atoms with van der Waals surface area (Å²) in [5, 5.41) is -2.22. The summed E-state index contributed by atoms with van der Waals surface area (Å²) in [6.45, 7) is 1.71. The Morgan fingerprint density at radius 3 is 1.42 bits per heavy atom. The quantitative estimate of drug-likeness (QED) is 0.157. The van der Waals surface area contributed by atoms with Gasteiger partial charge < -0.3 is 0 Å². The van der Waals surface area contributed by atoms with E-state index >= 15 is 0 Å². The monoisotopic (exact) mass is 562 g/mol. The maximum atomic E-state index is 14.6. The van der Waals surface area contributed by atoms with Crippen LogP contribution >= 0.6 is 54.1 Å². The Kier molecular flexibility index (Phi) is 5.86. The molecular weight excluding hydrogens is 554 g/mol. The third kappa shape index (κ3) is 3.90. The number of rotatable bonds is 2. The van der Waals surface area contributed by atoms with Crippen LogP contribution in [-0.2, 0) is 13.6 Å². The van der Waals surface area contributed by atoms with Gasteiger partial charge in [-0.2, -0.15) is 0 Å². The Balaban J connectivity index is 2.23. The zero-order valence-corrected chi connectivity index (χ0v) is 19.0. The van der Waals surface area contributed by atoms with Gasteiger partial charge in [-0.1, -0.05) is 0 Å². The summed E-state index contributed by atoms with van der Waals surface area (Å²) in [5.41, 5.74) is -0.966. The molecule has 1 aromatic carbocycles. The van der Waals surface area contributed by atoms with Crippen molar-refractivity contribution in [3.63, 3.8) is 0 Å². The number of fused-ring (bicyclic) bond motifs is 1. The normalized spacial score (nSPS) is 23.5. The SMILES string of the molecule is CC1(C)COP2(OC(F)(C(F)(F)F)C(F)(F)F)(OC1)Oc1c(Cl)c(Cl)c(Cl)c(Cl)c1O2. The number of alkyl halides is 7. The number of hydrogen-bond acceptors (Lipinski definition) is 5. The third-order valence-corrected chi connectivity index (χ3v) is 8.38. The van der Waals surface area contributed by atoms with Crippen LogP contribution in [0.1, 0.15) is 13.8 Å². The molecule has 1 fully saturated rings. The van der Waals surface area contributed by atoms with E-state index in [1.165, 1.54) is 13.8 Å². The molecule has 0 bridgehead atoms. The Labute approximate surface area is 189 Å². The van der Waals surface area contributed by atoms with E-state index in [0.717, 1.165) is 0 Å². The Bertz CT molecular complexity index is 874. The number of halogens is 11. The second kappa shape index (κ2) is 7.15. The molecule has 0 N–H and O–H groups in total. The molecule has 178 valence electrons. The maximum absolute atomic E-state index is 14.6. The fourth-order valence-electron chi connectivity index (χ4n) is 2.38. The van der Waals surface area contributed by atoms with Crippen molar-refractivity contribution in [2.24, 2.45) is 5.41 Å². The second-order valence-corrected chi connectivity index (χ2v) is 11.3. The van der Waals surface area contributed by atoms with E-state index in [1.807, 2.05) is 0 Å². The van der Waals surface area contributed by atoms with E-state index in [-0.39, 0.29) is 0 Å². The molecule has 2 aliphatic rings. The van der Waals surface area contributed by atoms with Gasteiger partial charge in [0.25, 0.3) is 0 Å². The molecule has 0 atom stereocenters. The fourth-order valence-corrected chi connectivity index (χ4v) is 6.56. The van der Waals surface area contributed by atoms with Gasteiger partial charge in [-0.25, -0.2) is 0 Å².